The van der Waals surface area contributed by atoms with E-state index in [9.17, 15) is 31.1 Å². The first-order chi connectivity index (χ1) is 16.6. The van der Waals surface area contributed by atoms with Gasteiger partial charge in [-0.2, -0.15) is 26.3 Å². The zero-order valence-electron chi connectivity index (χ0n) is 19.0. The molecular weight excluding hydrogens is 520 g/mol. The van der Waals surface area contributed by atoms with Gasteiger partial charge in [-0.1, -0.05) is 6.07 Å². The van der Waals surface area contributed by atoms with E-state index >= 15 is 0 Å². The van der Waals surface area contributed by atoms with Crippen molar-refractivity contribution in [1.82, 2.24) is 14.8 Å². The van der Waals surface area contributed by atoms with Crippen LogP contribution in [0.25, 0.3) is 0 Å². The van der Waals surface area contributed by atoms with Crippen LogP contribution in [0.1, 0.15) is 21.7 Å². The number of likely N-dealkylation sites (tertiary alicyclic amines) is 1. The molecule has 2 aromatic heterocycles. The molecule has 8 nitrogen and oxygen atoms in total. The summed E-state index contributed by atoms with van der Waals surface area (Å²) >= 11 is 1.52. The molecule has 200 valence electrons. The highest BCUT2D eigenvalue weighted by atomic mass is 32.1. The summed E-state index contributed by atoms with van der Waals surface area (Å²) in [4.78, 5) is 39.8. The molecule has 0 saturated carbocycles. The number of pyridine rings is 1. The largest absolute Gasteiger partial charge is 0.490 e. The Hall–Kier alpha value is -3.20. The van der Waals surface area contributed by atoms with E-state index in [2.05, 4.69) is 28.9 Å². The Morgan fingerprint density at radius 2 is 1.53 bits per heavy atom. The summed E-state index contributed by atoms with van der Waals surface area (Å²) in [5.74, 6) is -5.35. The van der Waals surface area contributed by atoms with Crippen molar-refractivity contribution in [2.24, 2.45) is 0 Å². The number of alkyl halides is 6. The van der Waals surface area contributed by atoms with E-state index in [4.69, 9.17) is 19.8 Å². The normalized spacial score (nSPS) is 17.5. The summed E-state index contributed by atoms with van der Waals surface area (Å²) in [6, 6.07) is 8.55. The fourth-order valence-electron chi connectivity index (χ4n) is 3.24. The average molecular weight is 543 g/mol. The van der Waals surface area contributed by atoms with Crippen molar-refractivity contribution in [2.45, 2.75) is 37.3 Å². The van der Waals surface area contributed by atoms with Crippen molar-refractivity contribution in [3.63, 3.8) is 0 Å². The number of likely N-dealkylation sites (N-methyl/N-ethyl adjacent to an activating group) is 1. The van der Waals surface area contributed by atoms with E-state index in [0.29, 0.717) is 6.04 Å². The van der Waals surface area contributed by atoms with Crippen LogP contribution in [0.4, 0.5) is 26.3 Å². The van der Waals surface area contributed by atoms with Crippen LogP contribution < -0.4 is 0 Å². The lowest BCUT2D eigenvalue weighted by atomic mass is 10.00. The minimum Gasteiger partial charge on any atom is -0.475 e. The number of aromatic nitrogens is 1. The van der Waals surface area contributed by atoms with Gasteiger partial charge in [0.15, 0.2) is 0 Å². The SMILES string of the molecule is CN(C)[C@@H]1CCN(C(=O)c2cccs2)[C@H]1Cc1ccncc1.O=C(O)C(F)(F)F.O=C(O)C(F)(F)F. The zero-order valence-corrected chi connectivity index (χ0v) is 19.8. The van der Waals surface area contributed by atoms with Crippen molar-refractivity contribution in [3.05, 3.63) is 52.5 Å². The summed E-state index contributed by atoms with van der Waals surface area (Å²) in [5.41, 5.74) is 1.23. The van der Waals surface area contributed by atoms with Crippen LogP contribution in [0.5, 0.6) is 0 Å². The molecule has 2 atom stereocenters. The predicted molar refractivity (Wildman–Crippen MR) is 117 cm³/mol. The zero-order chi connectivity index (χ0) is 27.7. The van der Waals surface area contributed by atoms with E-state index in [-0.39, 0.29) is 11.9 Å². The number of rotatable bonds is 4. The van der Waals surface area contributed by atoms with Crippen LogP contribution in [0.2, 0.25) is 0 Å². The molecule has 0 spiro atoms. The molecule has 1 saturated heterocycles. The highest BCUT2D eigenvalue weighted by Crippen LogP contribution is 2.27. The van der Waals surface area contributed by atoms with Crippen molar-refractivity contribution >= 4 is 29.2 Å². The Bertz CT molecular complexity index is 960. The highest BCUT2D eigenvalue weighted by molar-refractivity contribution is 7.12. The van der Waals surface area contributed by atoms with Gasteiger partial charge in [0.2, 0.25) is 0 Å². The third-order valence-corrected chi connectivity index (χ3v) is 5.70. The second-order valence-corrected chi connectivity index (χ2v) is 8.48. The number of aliphatic carboxylic acids is 2. The van der Waals surface area contributed by atoms with Gasteiger partial charge >= 0.3 is 24.3 Å². The van der Waals surface area contributed by atoms with E-state index in [1.54, 1.807) is 0 Å². The highest BCUT2D eigenvalue weighted by Gasteiger charge is 2.39. The monoisotopic (exact) mass is 543 g/mol. The van der Waals surface area contributed by atoms with Crippen LogP contribution in [-0.2, 0) is 16.0 Å². The van der Waals surface area contributed by atoms with Gasteiger partial charge in [0.05, 0.1) is 10.9 Å². The maximum Gasteiger partial charge on any atom is 0.490 e. The molecule has 2 N–H and O–H groups in total. The van der Waals surface area contributed by atoms with Crippen molar-refractivity contribution in [2.75, 3.05) is 20.6 Å². The molecule has 36 heavy (non-hydrogen) atoms. The molecule has 3 rings (SSSR count). The van der Waals surface area contributed by atoms with Crippen molar-refractivity contribution in [1.29, 1.82) is 0 Å². The number of carboxylic acid groups (broad SMARTS) is 2. The van der Waals surface area contributed by atoms with Crippen LogP contribution in [0.3, 0.4) is 0 Å². The number of carboxylic acids is 2. The standard InChI is InChI=1S/C17H21N3OS.2C2HF3O2/c1-19(2)14-7-10-20(17(21)16-4-3-11-22-16)15(14)12-13-5-8-18-9-6-13;2*3-2(4,5)1(6)7/h3-6,8-9,11,14-15H,7,10,12H2,1-2H3;2*(H,6,7)/t14-,15+;;/m1../s1. The molecule has 3 heterocycles. The molecule has 0 bridgehead atoms. The number of nitrogens with zero attached hydrogens (tertiary/aromatic N) is 3. The predicted octanol–water partition coefficient (Wildman–Crippen LogP) is 3.80. The Morgan fingerprint density at radius 3 is 1.92 bits per heavy atom. The molecule has 2 aromatic rings. The van der Waals surface area contributed by atoms with E-state index in [1.807, 2.05) is 42.0 Å². The molecule has 0 aliphatic carbocycles. The number of thiophene rings is 1. The van der Waals surface area contributed by atoms with Gasteiger partial charge < -0.3 is 20.0 Å². The molecule has 0 unspecified atom stereocenters. The van der Waals surface area contributed by atoms with E-state index in [0.717, 1.165) is 24.3 Å². The van der Waals surface area contributed by atoms with Gasteiger partial charge in [0.1, 0.15) is 0 Å². The number of carbonyl (C=O) groups excluding carboxylic acids is 1. The van der Waals surface area contributed by atoms with Gasteiger partial charge in [0.25, 0.3) is 5.91 Å². The van der Waals surface area contributed by atoms with E-state index < -0.39 is 24.3 Å². The lowest BCUT2D eigenvalue weighted by Crippen LogP contribution is -2.45. The fourth-order valence-corrected chi connectivity index (χ4v) is 3.92. The van der Waals surface area contributed by atoms with Gasteiger partial charge in [0, 0.05) is 25.0 Å². The maximum absolute atomic E-state index is 12.8. The second-order valence-electron chi connectivity index (χ2n) is 7.53. The van der Waals surface area contributed by atoms with Crippen molar-refractivity contribution < 1.29 is 50.9 Å². The first-order valence-corrected chi connectivity index (χ1v) is 10.9. The molecular formula is C21H23F6N3O5S. The molecule has 0 aromatic carbocycles. The smallest absolute Gasteiger partial charge is 0.475 e. The average Bonchev–Trinajstić information content (AvgIpc) is 3.44. The minimum atomic E-state index is -5.08. The maximum atomic E-state index is 12.8. The van der Waals surface area contributed by atoms with Crippen LogP contribution in [-0.4, -0.2) is 87.9 Å². The molecule has 1 aliphatic rings. The van der Waals surface area contributed by atoms with Gasteiger partial charge in [-0.3, -0.25) is 9.78 Å². The first kappa shape index (κ1) is 30.8. The summed E-state index contributed by atoms with van der Waals surface area (Å²) < 4.78 is 63.5. The number of carbonyl (C=O) groups is 3. The third-order valence-electron chi connectivity index (χ3n) is 4.85. The van der Waals surface area contributed by atoms with Gasteiger partial charge in [-0.15, -0.1) is 11.3 Å². The first-order valence-electron chi connectivity index (χ1n) is 10.1. The molecule has 15 heteroatoms. The quantitative estimate of drug-likeness (QED) is 0.565. The summed E-state index contributed by atoms with van der Waals surface area (Å²) in [6.07, 6.45) is -4.62. The molecule has 0 radical (unpaired) electrons. The summed E-state index contributed by atoms with van der Waals surface area (Å²) in [7, 11) is 4.20. The molecule has 1 aliphatic heterocycles. The number of hydrogen-bond acceptors (Lipinski definition) is 6. The molecule has 1 fully saturated rings. The van der Waals surface area contributed by atoms with Gasteiger partial charge in [-0.25, -0.2) is 9.59 Å². The van der Waals surface area contributed by atoms with E-state index in [1.165, 1.54) is 16.9 Å². The van der Waals surface area contributed by atoms with Crippen molar-refractivity contribution in [3.8, 4) is 0 Å². The van der Waals surface area contributed by atoms with Crippen LogP contribution in [0, 0.1) is 0 Å². The summed E-state index contributed by atoms with van der Waals surface area (Å²) in [5, 5.41) is 16.2. The van der Waals surface area contributed by atoms with Crippen LogP contribution >= 0.6 is 11.3 Å². The Kier molecular flexibility index (Phi) is 11.3. The second kappa shape index (κ2) is 13.2. The third kappa shape index (κ3) is 9.81. The minimum absolute atomic E-state index is 0.165. The Labute approximate surface area is 205 Å². The molecule has 1 amide bonds. The number of hydrogen-bond donors (Lipinski definition) is 2. The number of halogens is 6. The number of amides is 1. The fraction of sp³-hybridized carbons (Fsp3) is 0.429. The summed E-state index contributed by atoms with van der Waals surface area (Å²) in [6.45, 7) is 0.829. The Morgan fingerprint density at radius 1 is 1.03 bits per heavy atom. The lowest BCUT2D eigenvalue weighted by Gasteiger charge is -2.31. The lowest BCUT2D eigenvalue weighted by molar-refractivity contribution is -0.193. The van der Waals surface area contributed by atoms with Crippen LogP contribution in [0.15, 0.2) is 42.0 Å². The topological polar surface area (TPSA) is 111 Å². The van der Waals surface area contributed by atoms with Gasteiger partial charge in [-0.05, 0) is 56.1 Å². The Balaban J connectivity index is 0.000000383.